The second kappa shape index (κ2) is 9.64. The van der Waals surface area contributed by atoms with E-state index in [-0.39, 0.29) is 0 Å². The minimum absolute atomic E-state index is 0.335. The minimum atomic E-state index is -3.61. The summed E-state index contributed by atoms with van der Waals surface area (Å²) in [7, 11) is -3.61. The van der Waals surface area contributed by atoms with Crippen molar-refractivity contribution < 1.29 is 8.42 Å². The zero-order valence-electron chi connectivity index (χ0n) is 18.2. The molecule has 2 aromatic heterocycles. The number of pyridine rings is 1. The molecule has 3 aromatic carbocycles. The molecule has 0 unspecified atom stereocenters. The van der Waals surface area contributed by atoms with Gasteiger partial charge in [-0.05, 0) is 0 Å². The van der Waals surface area contributed by atoms with E-state index >= 15 is 0 Å². The first kappa shape index (κ1) is 22.7. The molecule has 0 saturated carbocycles. The van der Waals surface area contributed by atoms with Crippen LogP contribution in [-0.4, -0.2) is 32.2 Å². The van der Waals surface area contributed by atoms with Crippen molar-refractivity contribution in [3.8, 4) is 0 Å². The van der Waals surface area contributed by atoms with E-state index in [0.717, 1.165) is 27.6 Å². The topological polar surface area (TPSA) is 50.3 Å². The number of thiophene rings is 1. The number of nitrogens with zero attached hydrogens (tertiary/aromatic N) is 2. The zero-order chi connectivity index (χ0) is 23.5. The molecule has 1 radical (unpaired) electrons. The molecule has 4 nitrogen and oxygen atoms in total. The molecule has 165 valence electrons. The molecule has 5 rings (SSSR count). The van der Waals surface area contributed by atoms with E-state index in [9.17, 15) is 8.42 Å². The normalized spacial score (nSPS) is 11.3. The van der Waals surface area contributed by atoms with Gasteiger partial charge in [-0.3, -0.25) is 0 Å². The Kier molecular flexibility index (Phi) is 6.43. The molecule has 5 aromatic rings. The van der Waals surface area contributed by atoms with Gasteiger partial charge in [0.1, 0.15) is 0 Å². The van der Waals surface area contributed by atoms with Gasteiger partial charge in [0.15, 0.2) is 0 Å². The average molecular weight is 538 g/mol. The van der Waals surface area contributed by atoms with Gasteiger partial charge in [-0.1, -0.05) is 0 Å². The van der Waals surface area contributed by atoms with Crippen molar-refractivity contribution in [1.82, 2.24) is 4.98 Å². The van der Waals surface area contributed by atoms with Gasteiger partial charge in [-0.2, -0.15) is 0 Å². The Morgan fingerprint density at radius 1 is 0.824 bits per heavy atom. The van der Waals surface area contributed by atoms with E-state index in [0.29, 0.717) is 34.3 Å². The van der Waals surface area contributed by atoms with Gasteiger partial charge in [-0.15, -0.1) is 0 Å². The maximum absolute atomic E-state index is 13.2. The quantitative estimate of drug-likeness (QED) is 0.200. The van der Waals surface area contributed by atoms with Gasteiger partial charge < -0.3 is 0 Å². The average Bonchev–Trinajstić information content (AvgIpc) is 3.44. The number of hydrogen-bond acceptors (Lipinski definition) is 4. The molecule has 0 spiro atoms. The van der Waals surface area contributed by atoms with Crippen LogP contribution >= 0.6 is 11.3 Å². The maximum atomic E-state index is 13.2. The second-order valence-corrected chi connectivity index (χ2v) is 13.0. The van der Waals surface area contributed by atoms with Crippen molar-refractivity contribution >= 4 is 68.4 Å². The Morgan fingerprint density at radius 3 is 2.12 bits per heavy atom. The standard InChI is InChI=1S/C27H19N2O2S2.Ga.H/c30-33(31,26-14-8-18-32-26)29-25-16-15-22(23-13-7-17-28-27(23)25)19-24(20-9-3-1-4-10-20)21-11-5-2-6-12-21;;/h1-19H;;/q-1;+1;. The van der Waals surface area contributed by atoms with Gasteiger partial charge in [0, 0.05) is 0 Å². The molecular formula is C27H20GaN2O2S2. The molecule has 34 heavy (non-hydrogen) atoms. The molecule has 0 aliphatic rings. The number of fused-ring (bicyclic) bond motifs is 1. The van der Waals surface area contributed by atoms with Crippen LogP contribution in [0.4, 0.5) is 5.69 Å². The van der Waals surface area contributed by atoms with Crippen LogP contribution in [0.5, 0.6) is 0 Å². The third kappa shape index (κ3) is 4.35. The van der Waals surface area contributed by atoms with E-state index in [1.165, 1.54) is 14.3 Å². The van der Waals surface area contributed by atoms with Crippen LogP contribution in [0.1, 0.15) is 16.7 Å². The number of aromatic nitrogens is 1. The summed E-state index contributed by atoms with van der Waals surface area (Å²) in [6, 6.07) is 31.7. The fourth-order valence-corrected chi connectivity index (χ4v) is 8.12. The first-order chi connectivity index (χ1) is 16.6. The fourth-order valence-electron chi connectivity index (χ4n) is 3.88. The summed E-state index contributed by atoms with van der Waals surface area (Å²) in [5.41, 5.74) is 5.56. The van der Waals surface area contributed by atoms with Gasteiger partial charge in [0.05, 0.1) is 0 Å². The number of benzene rings is 3. The molecule has 0 aliphatic heterocycles. The predicted molar refractivity (Wildman–Crippen MR) is 143 cm³/mol. The third-order valence-electron chi connectivity index (χ3n) is 5.56. The van der Waals surface area contributed by atoms with Gasteiger partial charge in [-0.25, -0.2) is 0 Å². The molecule has 0 fully saturated rings. The summed E-state index contributed by atoms with van der Waals surface area (Å²) >= 11 is 1.66. The number of sulfonamides is 1. The molecular weight excluding hydrogens is 518 g/mol. The molecule has 2 heterocycles. The monoisotopic (exact) mass is 537 g/mol. The Balaban J connectivity index is 1.68. The Labute approximate surface area is 213 Å². The Bertz CT molecular complexity index is 1530. The molecule has 0 aliphatic carbocycles. The zero-order valence-corrected chi connectivity index (χ0v) is 22.8. The van der Waals surface area contributed by atoms with Crippen molar-refractivity contribution in [2.75, 3.05) is 3.01 Å². The van der Waals surface area contributed by atoms with Gasteiger partial charge >= 0.3 is 214 Å². The van der Waals surface area contributed by atoms with Crippen molar-refractivity contribution in [1.29, 1.82) is 0 Å². The molecule has 0 atom stereocenters. The van der Waals surface area contributed by atoms with Crippen LogP contribution in [0, 0.1) is 0 Å². The summed E-state index contributed by atoms with van der Waals surface area (Å²) in [5.74, 6) is 0. The first-order valence-corrected chi connectivity index (χ1v) is 14.3. The fraction of sp³-hybridized carbons (Fsp3) is 0. The van der Waals surface area contributed by atoms with Crippen LogP contribution in [-0.2, 0) is 10.0 Å². The SMILES string of the molecule is O=S(=O)(c1cccs1)[N]([GaH])c1ccc(C=C(c2ccccc2)c2ccccc2)c2cccnc12. The number of hydrogen-bond donors (Lipinski definition) is 0. The van der Waals surface area contributed by atoms with Crippen LogP contribution < -0.4 is 3.01 Å². The molecule has 0 bridgehead atoms. The summed E-state index contributed by atoms with van der Waals surface area (Å²) < 4.78 is 28.2. The number of rotatable bonds is 6. The van der Waals surface area contributed by atoms with Gasteiger partial charge in [0.2, 0.25) is 0 Å². The van der Waals surface area contributed by atoms with Crippen LogP contribution in [0.25, 0.3) is 22.6 Å². The first-order valence-electron chi connectivity index (χ1n) is 10.7. The van der Waals surface area contributed by atoms with Crippen LogP contribution in [0.15, 0.2) is 113 Å². The number of anilines is 1. The van der Waals surface area contributed by atoms with Crippen molar-refractivity contribution in [3.05, 3.63) is 125 Å². The summed E-state index contributed by atoms with van der Waals surface area (Å²) in [6.07, 6.45) is 3.86. The molecule has 0 N–H and O–H groups in total. The summed E-state index contributed by atoms with van der Waals surface area (Å²) in [4.78, 5) is 4.60. The second-order valence-electron chi connectivity index (χ2n) is 7.65. The van der Waals surface area contributed by atoms with E-state index < -0.39 is 10.0 Å². The van der Waals surface area contributed by atoms with Crippen molar-refractivity contribution in [2.24, 2.45) is 0 Å². The molecule has 7 heteroatoms. The third-order valence-corrected chi connectivity index (χ3v) is 11.4. The van der Waals surface area contributed by atoms with Crippen molar-refractivity contribution in [2.45, 2.75) is 4.21 Å². The van der Waals surface area contributed by atoms with E-state index in [4.69, 9.17) is 0 Å². The van der Waals surface area contributed by atoms with Crippen molar-refractivity contribution in [3.63, 3.8) is 0 Å². The molecule has 0 amide bonds. The van der Waals surface area contributed by atoms with E-state index in [1.807, 2.05) is 60.7 Å². The van der Waals surface area contributed by atoms with E-state index in [2.05, 4.69) is 35.3 Å². The van der Waals surface area contributed by atoms with Gasteiger partial charge in [0.25, 0.3) is 0 Å². The Morgan fingerprint density at radius 2 is 1.50 bits per heavy atom. The molecule has 0 saturated heterocycles. The summed E-state index contributed by atoms with van der Waals surface area (Å²) in [5, 5.41) is 2.68. The predicted octanol–water partition coefficient (Wildman–Crippen LogP) is 5.90. The summed E-state index contributed by atoms with van der Waals surface area (Å²) in [6.45, 7) is 0. The van der Waals surface area contributed by atoms with Crippen LogP contribution in [0.2, 0.25) is 0 Å². The van der Waals surface area contributed by atoms with E-state index in [1.54, 1.807) is 23.7 Å². The Hall–Kier alpha value is -3.10. The van der Waals surface area contributed by atoms with Crippen LogP contribution in [0.3, 0.4) is 0 Å².